The first-order valence-corrected chi connectivity index (χ1v) is 8.88. The van der Waals surface area contributed by atoms with Crippen molar-refractivity contribution in [2.45, 2.75) is 33.4 Å². The minimum absolute atomic E-state index is 0.838. The molecule has 0 unspecified atom stereocenters. The molecule has 1 aromatic carbocycles. The van der Waals surface area contributed by atoms with Gasteiger partial charge in [-0.25, -0.2) is 4.98 Å². The Kier molecular flexibility index (Phi) is 6.21. The number of anilines is 1. The molecule has 114 valence electrons. The van der Waals surface area contributed by atoms with Gasteiger partial charge in [0.25, 0.3) is 0 Å². The lowest BCUT2D eigenvalue weighted by atomic mass is 10.2. The second-order valence-electron chi connectivity index (χ2n) is 5.17. The quantitative estimate of drug-likeness (QED) is 0.737. The number of hydrogen-bond donors (Lipinski definition) is 1. The fourth-order valence-electron chi connectivity index (χ4n) is 2.13. The Labute approximate surface area is 139 Å². The number of hydrogen-bond acceptors (Lipinski definition) is 4. The molecule has 1 aromatic heterocycles. The molecule has 0 aliphatic heterocycles. The molecule has 1 heterocycles. The van der Waals surface area contributed by atoms with Gasteiger partial charge in [0, 0.05) is 29.1 Å². The summed E-state index contributed by atoms with van der Waals surface area (Å²) in [5.74, 6) is 0. The standard InChI is InChI=1S/C16H22BrN3S/c1-4-7-18-9-13-5-6-15(8-16(13)17)20(3)10-14-11-21-12(2)19-14/h5-6,8,11,18H,4,7,9-10H2,1-3H3. The van der Waals surface area contributed by atoms with E-state index in [1.165, 1.54) is 11.3 Å². The number of halogens is 1. The van der Waals surface area contributed by atoms with E-state index in [4.69, 9.17) is 0 Å². The van der Waals surface area contributed by atoms with Crippen molar-refractivity contribution in [3.63, 3.8) is 0 Å². The van der Waals surface area contributed by atoms with Crippen LogP contribution in [-0.2, 0) is 13.1 Å². The second-order valence-corrected chi connectivity index (χ2v) is 7.08. The van der Waals surface area contributed by atoms with Gasteiger partial charge >= 0.3 is 0 Å². The van der Waals surface area contributed by atoms with Gasteiger partial charge in [-0.2, -0.15) is 0 Å². The molecule has 1 N–H and O–H groups in total. The summed E-state index contributed by atoms with van der Waals surface area (Å²) in [5.41, 5.74) is 3.63. The molecule has 0 saturated carbocycles. The van der Waals surface area contributed by atoms with Crippen LogP contribution < -0.4 is 10.2 Å². The molecule has 21 heavy (non-hydrogen) atoms. The molecular formula is C16H22BrN3S. The second kappa shape index (κ2) is 7.92. The molecule has 0 radical (unpaired) electrons. The third-order valence-corrected chi connectivity index (χ3v) is 4.85. The first kappa shape index (κ1) is 16.5. The third-order valence-electron chi connectivity index (χ3n) is 3.29. The molecule has 2 rings (SSSR count). The highest BCUT2D eigenvalue weighted by atomic mass is 79.9. The Balaban J connectivity index is 2.01. The van der Waals surface area contributed by atoms with Gasteiger partial charge in [0.1, 0.15) is 0 Å². The molecule has 0 aliphatic rings. The Morgan fingerprint density at radius 3 is 2.81 bits per heavy atom. The van der Waals surface area contributed by atoms with Crippen molar-refractivity contribution in [2.75, 3.05) is 18.5 Å². The highest BCUT2D eigenvalue weighted by molar-refractivity contribution is 9.10. The lowest BCUT2D eigenvalue weighted by molar-refractivity contribution is 0.674. The SMILES string of the molecule is CCCNCc1ccc(N(C)Cc2csc(C)n2)cc1Br. The summed E-state index contributed by atoms with van der Waals surface area (Å²) in [7, 11) is 2.10. The first-order chi connectivity index (χ1) is 10.1. The number of nitrogens with zero attached hydrogens (tertiary/aromatic N) is 2. The van der Waals surface area contributed by atoms with Gasteiger partial charge in [-0.3, -0.25) is 0 Å². The Hall–Kier alpha value is -0.910. The van der Waals surface area contributed by atoms with Crippen LogP contribution >= 0.6 is 27.3 Å². The summed E-state index contributed by atoms with van der Waals surface area (Å²) < 4.78 is 1.16. The van der Waals surface area contributed by atoms with E-state index < -0.39 is 0 Å². The van der Waals surface area contributed by atoms with Gasteiger partial charge in [0.2, 0.25) is 0 Å². The van der Waals surface area contributed by atoms with Gasteiger partial charge in [-0.05, 0) is 37.6 Å². The van der Waals surface area contributed by atoms with Crippen LogP contribution in [0.25, 0.3) is 0 Å². The number of thiazole rings is 1. The minimum atomic E-state index is 0.838. The normalized spacial score (nSPS) is 10.9. The molecule has 0 saturated heterocycles. The van der Waals surface area contributed by atoms with Crippen molar-refractivity contribution >= 4 is 33.0 Å². The van der Waals surface area contributed by atoms with Crippen molar-refractivity contribution in [2.24, 2.45) is 0 Å². The summed E-state index contributed by atoms with van der Waals surface area (Å²) in [5, 5.41) is 6.68. The van der Waals surface area contributed by atoms with Gasteiger partial charge < -0.3 is 10.2 Å². The lowest BCUT2D eigenvalue weighted by Crippen LogP contribution is -2.17. The number of benzene rings is 1. The predicted molar refractivity (Wildman–Crippen MR) is 95.1 cm³/mol. The fraction of sp³-hybridized carbons (Fsp3) is 0.438. The largest absolute Gasteiger partial charge is 0.369 e. The molecule has 0 spiro atoms. The van der Waals surface area contributed by atoms with Crippen LogP contribution in [0.1, 0.15) is 29.6 Å². The monoisotopic (exact) mass is 367 g/mol. The highest BCUT2D eigenvalue weighted by Gasteiger charge is 2.07. The number of rotatable bonds is 7. The molecule has 5 heteroatoms. The number of nitrogens with one attached hydrogen (secondary N) is 1. The molecule has 2 aromatic rings. The topological polar surface area (TPSA) is 28.2 Å². The maximum absolute atomic E-state index is 4.52. The van der Waals surface area contributed by atoms with Crippen molar-refractivity contribution in [3.8, 4) is 0 Å². The summed E-state index contributed by atoms with van der Waals surface area (Å²) in [4.78, 5) is 6.75. The van der Waals surface area contributed by atoms with E-state index in [0.717, 1.165) is 41.2 Å². The molecular weight excluding hydrogens is 346 g/mol. The van der Waals surface area contributed by atoms with E-state index in [1.54, 1.807) is 11.3 Å². The highest BCUT2D eigenvalue weighted by Crippen LogP contribution is 2.25. The number of aryl methyl sites for hydroxylation is 1. The molecule has 0 atom stereocenters. The van der Waals surface area contributed by atoms with Crippen LogP contribution in [-0.4, -0.2) is 18.6 Å². The average Bonchev–Trinajstić information content (AvgIpc) is 2.86. The van der Waals surface area contributed by atoms with E-state index >= 15 is 0 Å². The van der Waals surface area contributed by atoms with Crippen molar-refractivity contribution < 1.29 is 0 Å². The van der Waals surface area contributed by atoms with Crippen LogP contribution in [0.15, 0.2) is 28.1 Å². The minimum Gasteiger partial charge on any atom is -0.369 e. The van der Waals surface area contributed by atoms with Gasteiger partial charge in [-0.1, -0.05) is 28.9 Å². The molecule has 3 nitrogen and oxygen atoms in total. The lowest BCUT2D eigenvalue weighted by Gasteiger charge is -2.19. The zero-order chi connectivity index (χ0) is 15.2. The van der Waals surface area contributed by atoms with Crippen molar-refractivity contribution in [3.05, 3.63) is 44.3 Å². The summed E-state index contributed by atoms with van der Waals surface area (Å²) >= 11 is 5.38. The average molecular weight is 368 g/mol. The van der Waals surface area contributed by atoms with Gasteiger partial charge in [-0.15, -0.1) is 11.3 Å². The van der Waals surface area contributed by atoms with E-state index in [0.29, 0.717) is 0 Å². The van der Waals surface area contributed by atoms with E-state index in [1.807, 2.05) is 6.92 Å². The summed E-state index contributed by atoms with van der Waals surface area (Å²) in [6, 6.07) is 6.54. The van der Waals surface area contributed by atoms with Crippen molar-refractivity contribution in [1.29, 1.82) is 0 Å². The maximum Gasteiger partial charge on any atom is 0.0898 e. The fourth-order valence-corrected chi connectivity index (χ4v) is 3.24. The zero-order valence-electron chi connectivity index (χ0n) is 12.8. The number of aromatic nitrogens is 1. The van der Waals surface area contributed by atoms with Gasteiger partial charge in [0.15, 0.2) is 0 Å². The Morgan fingerprint density at radius 2 is 2.19 bits per heavy atom. The van der Waals surface area contributed by atoms with Gasteiger partial charge in [0.05, 0.1) is 17.2 Å². The maximum atomic E-state index is 4.52. The Bertz CT molecular complexity index is 583. The molecule has 0 amide bonds. The van der Waals surface area contributed by atoms with Crippen LogP contribution in [0.5, 0.6) is 0 Å². The van der Waals surface area contributed by atoms with E-state index in [9.17, 15) is 0 Å². The smallest absolute Gasteiger partial charge is 0.0898 e. The van der Waals surface area contributed by atoms with Crippen LogP contribution in [0.4, 0.5) is 5.69 Å². The molecule has 0 bridgehead atoms. The van der Waals surface area contributed by atoms with Crippen molar-refractivity contribution in [1.82, 2.24) is 10.3 Å². The first-order valence-electron chi connectivity index (χ1n) is 7.21. The molecule has 0 aliphatic carbocycles. The van der Waals surface area contributed by atoms with E-state index in [2.05, 4.69) is 68.7 Å². The third kappa shape index (κ3) is 4.80. The van der Waals surface area contributed by atoms with Crippen LogP contribution in [0.3, 0.4) is 0 Å². The summed E-state index contributed by atoms with van der Waals surface area (Å²) in [6.07, 6.45) is 1.16. The van der Waals surface area contributed by atoms with Crippen LogP contribution in [0, 0.1) is 6.92 Å². The van der Waals surface area contributed by atoms with E-state index in [-0.39, 0.29) is 0 Å². The zero-order valence-corrected chi connectivity index (χ0v) is 15.2. The van der Waals surface area contributed by atoms with Crippen LogP contribution in [0.2, 0.25) is 0 Å². The predicted octanol–water partition coefficient (Wildman–Crippen LogP) is 4.35. The molecule has 0 fully saturated rings. The summed E-state index contributed by atoms with van der Waals surface area (Å²) in [6.45, 7) is 7.02. The Morgan fingerprint density at radius 1 is 1.38 bits per heavy atom.